The fourth-order valence-corrected chi connectivity index (χ4v) is 2.23. The minimum atomic E-state index is -1.31. The van der Waals surface area contributed by atoms with E-state index in [0.29, 0.717) is 0 Å². The number of non-ortho nitro benzene ring substituents is 1. The number of benzene rings is 2. The Bertz CT molecular complexity index is 905. The maximum absolute atomic E-state index is 13.8. The molecule has 0 spiro atoms. The van der Waals surface area contributed by atoms with Gasteiger partial charge in [-0.1, -0.05) is 11.6 Å². The molecule has 0 radical (unpaired) electrons. The van der Waals surface area contributed by atoms with Crippen LogP contribution in [0.1, 0.15) is 17.3 Å². The molecule has 1 atom stereocenters. The average molecular weight is 397 g/mol. The molecule has 8 nitrogen and oxygen atoms in total. The minimum absolute atomic E-state index is 0.0253. The van der Waals surface area contributed by atoms with E-state index in [1.54, 1.807) is 0 Å². The molecule has 2 rings (SSSR count). The summed E-state index contributed by atoms with van der Waals surface area (Å²) in [6, 6.07) is 7.00. The van der Waals surface area contributed by atoms with Gasteiger partial charge in [-0.15, -0.1) is 0 Å². The Labute approximate surface area is 158 Å². The SMILES string of the molecule is COc1ccc([N+](=O)[O-])cc1NC(=O)[C@H](C)OC(=O)c1ccc(Cl)cc1F. The number of nitrogens with one attached hydrogen (secondary N) is 1. The highest BCUT2D eigenvalue weighted by molar-refractivity contribution is 6.30. The van der Waals surface area contributed by atoms with Gasteiger partial charge >= 0.3 is 5.97 Å². The molecule has 142 valence electrons. The van der Waals surface area contributed by atoms with Gasteiger partial charge in [-0.3, -0.25) is 14.9 Å². The maximum Gasteiger partial charge on any atom is 0.341 e. The Hall–Kier alpha value is -3.20. The highest BCUT2D eigenvalue weighted by Crippen LogP contribution is 2.29. The van der Waals surface area contributed by atoms with Crippen LogP contribution in [0.4, 0.5) is 15.8 Å². The van der Waals surface area contributed by atoms with Gasteiger partial charge in [-0.2, -0.15) is 0 Å². The minimum Gasteiger partial charge on any atom is -0.495 e. The summed E-state index contributed by atoms with van der Waals surface area (Å²) < 4.78 is 23.7. The fourth-order valence-electron chi connectivity index (χ4n) is 2.07. The summed E-state index contributed by atoms with van der Waals surface area (Å²) in [5.41, 5.74) is -0.622. The van der Waals surface area contributed by atoms with Crippen molar-refractivity contribution in [3.8, 4) is 5.75 Å². The lowest BCUT2D eigenvalue weighted by atomic mass is 10.2. The summed E-state index contributed by atoms with van der Waals surface area (Å²) in [7, 11) is 1.32. The fraction of sp³-hybridized carbons (Fsp3) is 0.176. The number of nitro groups is 1. The topological polar surface area (TPSA) is 108 Å². The maximum atomic E-state index is 13.8. The van der Waals surface area contributed by atoms with Crippen LogP contribution < -0.4 is 10.1 Å². The summed E-state index contributed by atoms with van der Waals surface area (Å²) in [5.74, 6) is -2.55. The number of methoxy groups -OCH3 is 1. The number of halogens is 2. The first-order valence-electron chi connectivity index (χ1n) is 7.52. The van der Waals surface area contributed by atoms with Crippen molar-refractivity contribution in [2.45, 2.75) is 13.0 Å². The monoisotopic (exact) mass is 396 g/mol. The third-order valence-electron chi connectivity index (χ3n) is 3.46. The number of carbonyl (C=O) groups is 2. The van der Waals surface area contributed by atoms with Gasteiger partial charge in [0, 0.05) is 17.2 Å². The number of anilines is 1. The smallest absolute Gasteiger partial charge is 0.341 e. The molecule has 0 aliphatic heterocycles. The van der Waals surface area contributed by atoms with E-state index < -0.39 is 28.7 Å². The number of esters is 1. The van der Waals surface area contributed by atoms with Crippen LogP contribution in [0.5, 0.6) is 5.75 Å². The molecule has 0 fully saturated rings. The average Bonchev–Trinajstić information content (AvgIpc) is 2.61. The number of hydrogen-bond donors (Lipinski definition) is 1. The van der Waals surface area contributed by atoms with Crippen molar-refractivity contribution in [2.75, 3.05) is 12.4 Å². The van der Waals surface area contributed by atoms with E-state index in [1.807, 2.05) is 0 Å². The van der Waals surface area contributed by atoms with Gasteiger partial charge in [-0.05, 0) is 31.2 Å². The molecular formula is C17H14ClFN2O6. The van der Waals surface area contributed by atoms with Crippen LogP contribution in [0.15, 0.2) is 36.4 Å². The number of nitrogens with zero attached hydrogens (tertiary/aromatic N) is 1. The van der Waals surface area contributed by atoms with Gasteiger partial charge in [0.2, 0.25) is 0 Å². The molecule has 27 heavy (non-hydrogen) atoms. The van der Waals surface area contributed by atoms with E-state index in [0.717, 1.165) is 18.2 Å². The van der Waals surface area contributed by atoms with E-state index in [4.69, 9.17) is 21.1 Å². The number of ether oxygens (including phenoxy) is 2. The lowest BCUT2D eigenvalue weighted by Crippen LogP contribution is -2.30. The Morgan fingerprint density at radius 3 is 2.56 bits per heavy atom. The molecule has 0 saturated heterocycles. The van der Waals surface area contributed by atoms with Crippen LogP contribution in [-0.2, 0) is 9.53 Å². The second-order valence-electron chi connectivity index (χ2n) is 5.30. The quantitative estimate of drug-likeness (QED) is 0.454. The largest absolute Gasteiger partial charge is 0.495 e. The molecule has 0 bridgehead atoms. The van der Waals surface area contributed by atoms with Gasteiger partial charge in [-0.25, -0.2) is 9.18 Å². The first-order valence-corrected chi connectivity index (χ1v) is 7.90. The standard InChI is InChI=1S/C17H14ClFN2O6/c1-9(27-17(23)12-5-3-10(18)7-13(12)19)16(22)20-14-8-11(21(24)25)4-6-15(14)26-2/h3-9H,1-2H3,(H,20,22)/t9-/m0/s1. The number of nitro benzene ring substituents is 1. The highest BCUT2D eigenvalue weighted by Gasteiger charge is 2.23. The van der Waals surface area contributed by atoms with E-state index in [-0.39, 0.29) is 27.7 Å². The Morgan fingerprint density at radius 1 is 1.26 bits per heavy atom. The summed E-state index contributed by atoms with van der Waals surface area (Å²) in [5, 5.41) is 13.3. The van der Waals surface area contributed by atoms with Crippen LogP contribution in [0.25, 0.3) is 0 Å². The van der Waals surface area contributed by atoms with E-state index >= 15 is 0 Å². The molecule has 0 heterocycles. The molecule has 0 aromatic heterocycles. The number of hydrogen-bond acceptors (Lipinski definition) is 6. The van der Waals surface area contributed by atoms with Crippen LogP contribution in [0.3, 0.4) is 0 Å². The molecule has 2 aromatic rings. The predicted molar refractivity (Wildman–Crippen MR) is 94.6 cm³/mol. The lowest BCUT2D eigenvalue weighted by Gasteiger charge is -2.15. The van der Waals surface area contributed by atoms with Crippen molar-refractivity contribution in [3.63, 3.8) is 0 Å². The molecule has 10 heteroatoms. The van der Waals surface area contributed by atoms with Crippen LogP contribution in [0, 0.1) is 15.9 Å². The third-order valence-corrected chi connectivity index (χ3v) is 3.69. The van der Waals surface area contributed by atoms with Crippen LogP contribution in [-0.4, -0.2) is 30.0 Å². The van der Waals surface area contributed by atoms with Gasteiger partial charge in [0.1, 0.15) is 11.6 Å². The van der Waals surface area contributed by atoms with Crippen molar-refractivity contribution < 1.29 is 28.4 Å². The predicted octanol–water partition coefficient (Wildman–Crippen LogP) is 3.58. The van der Waals surface area contributed by atoms with E-state index in [9.17, 15) is 24.1 Å². The highest BCUT2D eigenvalue weighted by atomic mass is 35.5. The molecule has 2 aromatic carbocycles. The van der Waals surface area contributed by atoms with Crippen molar-refractivity contribution >= 4 is 34.9 Å². The summed E-state index contributed by atoms with van der Waals surface area (Å²) >= 11 is 5.62. The second-order valence-corrected chi connectivity index (χ2v) is 5.74. The van der Waals surface area contributed by atoms with Crippen LogP contribution >= 0.6 is 11.6 Å². The second kappa shape index (κ2) is 8.45. The van der Waals surface area contributed by atoms with Crippen molar-refractivity contribution in [1.82, 2.24) is 0 Å². The molecule has 0 saturated carbocycles. The van der Waals surface area contributed by atoms with Gasteiger partial charge in [0.15, 0.2) is 6.10 Å². The van der Waals surface area contributed by atoms with Crippen molar-refractivity contribution in [1.29, 1.82) is 0 Å². The number of carbonyl (C=O) groups excluding carboxylic acids is 2. The Kier molecular flexibility index (Phi) is 6.30. The summed E-state index contributed by atoms with van der Waals surface area (Å²) in [6.07, 6.45) is -1.31. The first kappa shape index (κ1) is 20.1. The molecule has 1 amide bonds. The van der Waals surface area contributed by atoms with Crippen molar-refractivity contribution in [3.05, 3.63) is 62.9 Å². The molecule has 0 aliphatic carbocycles. The van der Waals surface area contributed by atoms with E-state index in [1.165, 1.54) is 32.2 Å². The van der Waals surface area contributed by atoms with E-state index in [2.05, 4.69) is 5.32 Å². The van der Waals surface area contributed by atoms with Gasteiger partial charge in [0.25, 0.3) is 11.6 Å². The lowest BCUT2D eigenvalue weighted by molar-refractivity contribution is -0.384. The molecule has 1 N–H and O–H groups in total. The van der Waals surface area contributed by atoms with Gasteiger partial charge < -0.3 is 14.8 Å². The number of amides is 1. The van der Waals surface area contributed by atoms with Crippen LogP contribution in [0.2, 0.25) is 5.02 Å². The Balaban J connectivity index is 2.12. The zero-order valence-corrected chi connectivity index (χ0v) is 15.0. The van der Waals surface area contributed by atoms with Gasteiger partial charge in [0.05, 0.1) is 23.3 Å². The number of rotatable bonds is 6. The molecular weight excluding hydrogens is 383 g/mol. The third kappa shape index (κ3) is 4.91. The normalized spacial score (nSPS) is 11.4. The first-order chi connectivity index (χ1) is 12.7. The zero-order valence-electron chi connectivity index (χ0n) is 14.2. The van der Waals surface area contributed by atoms with Crippen molar-refractivity contribution in [2.24, 2.45) is 0 Å². The Morgan fingerprint density at radius 2 is 1.96 bits per heavy atom. The molecule has 0 aliphatic rings. The molecule has 0 unspecified atom stereocenters. The summed E-state index contributed by atoms with van der Waals surface area (Å²) in [6.45, 7) is 1.27. The summed E-state index contributed by atoms with van der Waals surface area (Å²) in [4.78, 5) is 34.5. The zero-order chi connectivity index (χ0) is 20.1.